The molecule has 2 aromatic carbocycles. The number of halogens is 2. The van der Waals surface area contributed by atoms with Crippen molar-refractivity contribution in [3.8, 4) is 0 Å². The predicted octanol–water partition coefficient (Wildman–Crippen LogP) is 5.82. The number of thiazole rings is 1. The Labute approximate surface area is 161 Å². The lowest BCUT2D eigenvalue weighted by Gasteiger charge is -2.02. The van der Waals surface area contributed by atoms with Gasteiger partial charge in [0.05, 0.1) is 5.69 Å². The van der Waals surface area contributed by atoms with Crippen LogP contribution in [-0.4, -0.2) is 10.9 Å². The van der Waals surface area contributed by atoms with Crippen molar-refractivity contribution in [2.45, 2.75) is 13.3 Å². The number of aromatic nitrogens is 1. The van der Waals surface area contributed by atoms with Gasteiger partial charge in [-0.15, -0.1) is 11.3 Å². The van der Waals surface area contributed by atoms with E-state index in [2.05, 4.69) is 54.3 Å². The summed E-state index contributed by atoms with van der Waals surface area (Å²) < 4.78 is 1.94. The van der Waals surface area contributed by atoms with Gasteiger partial charge in [0.1, 0.15) is 0 Å². The molecule has 0 unspecified atom stereocenters. The number of rotatable bonds is 4. The van der Waals surface area contributed by atoms with Crippen molar-refractivity contribution in [2.75, 3.05) is 5.32 Å². The van der Waals surface area contributed by atoms with Crippen molar-refractivity contribution in [3.63, 3.8) is 0 Å². The number of anilines is 1. The Kier molecular flexibility index (Phi) is 5.48. The maximum Gasteiger partial charge on any atom is 0.257 e. The summed E-state index contributed by atoms with van der Waals surface area (Å²) in [6, 6.07) is 15.5. The van der Waals surface area contributed by atoms with E-state index >= 15 is 0 Å². The summed E-state index contributed by atoms with van der Waals surface area (Å²) in [6.07, 6.45) is 0.809. The van der Waals surface area contributed by atoms with Crippen LogP contribution in [0.2, 0.25) is 0 Å². The number of amides is 1. The molecule has 3 aromatic rings. The molecule has 3 rings (SSSR count). The summed E-state index contributed by atoms with van der Waals surface area (Å²) in [5.41, 5.74) is 2.77. The first-order valence-electron chi connectivity index (χ1n) is 7.29. The molecule has 0 fully saturated rings. The molecule has 24 heavy (non-hydrogen) atoms. The monoisotopic (exact) mass is 464 g/mol. The summed E-state index contributed by atoms with van der Waals surface area (Å²) >= 11 is 8.34. The number of hydrogen-bond acceptors (Lipinski definition) is 3. The number of benzene rings is 2. The Bertz CT molecular complexity index is 875. The van der Waals surface area contributed by atoms with E-state index in [1.165, 1.54) is 16.9 Å². The summed E-state index contributed by atoms with van der Waals surface area (Å²) in [5.74, 6) is -0.153. The van der Waals surface area contributed by atoms with Gasteiger partial charge in [0, 0.05) is 25.8 Å². The van der Waals surface area contributed by atoms with Gasteiger partial charge in [-0.25, -0.2) is 4.98 Å². The minimum absolute atomic E-state index is 0.153. The molecule has 0 spiro atoms. The van der Waals surface area contributed by atoms with Crippen molar-refractivity contribution in [3.05, 3.63) is 79.2 Å². The molecule has 0 saturated carbocycles. The van der Waals surface area contributed by atoms with Crippen molar-refractivity contribution >= 4 is 54.2 Å². The SMILES string of the molecule is Cc1nc(NC(=O)c2cccc(Br)c2)sc1Cc1ccc(Br)cc1. The Balaban J connectivity index is 1.74. The second-order valence-corrected chi connectivity index (χ2v) is 8.21. The summed E-state index contributed by atoms with van der Waals surface area (Å²) in [7, 11) is 0. The smallest absolute Gasteiger partial charge is 0.257 e. The first kappa shape index (κ1) is 17.3. The zero-order chi connectivity index (χ0) is 17.1. The van der Waals surface area contributed by atoms with E-state index in [0.29, 0.717) is 10.7 Å². The highest BCUT2D eigenvalue weighted by Gasteiger charge is 2.12. The summed E-state index contributed by atoms with van der Waals surface area (Å²) in [6.45, 7) is 1.97. The summed E-state index contributed by atoms with van der Waals surface area (Å²) in [5, 5.41) is 3.51. The van der Waals surface area contributed by atoms with Crippen LogP contribution in [0.25, 0.3) is 0 Å². The lowest BCUT2D eigenvalue weighted by molar-refractivity contribution is 0.102. The van der Waals surface area contributed by atoms with E-state index < -0.39 is 0 Å². The molecule has 1 aromatic heterocycles. The third-order valence-electron chi connectivity index (χ3n) is 3.48. The van der Waals surface area contributed by atoms with E-state index in [0.717, 1.165) is 25.9 Å². The number of hydrogen-bond donors (Lipinski definition) is 1. The third-order valence-corrected chi connectivity index (χ3v) is 5.57. The van der Waals surface area contributed by atoms with Gasteiger partial charge in [-0.2, -0.15) is 0 Å². The summed E-state index contributed by atoms with van der Waals surface area (Å²) in [4.78, 5) is 17.9. The van der Waals surface area contributed by atoms with Crippen LogP contribution >= 0.6 is 43.2 Å². The molecule has 3 nitrogen and oxygen atoms in total. The van der Waals surface area contributed by atoms with Crippen LogP contribution in [0.4, 0.5) is 5.13 Å². The van der Waals surface area contributed by atoms with Crippen LogP contribution in [0.5, 0.6) is 0 Å². The molecule has 122 valence electrons. The van der Waals surface area contributed by atoms with Crippen molar-refractivity contribution in [1.29, 1.82) is 0 Å². The van der Waals surface area contributed by atoms with Gasteiger partial charge in [0.25, 0.3) is 5.91 Å². The zero-order valence-corrected chi connectivity index (χ0v) is 16.8. The first-order chi connectivity index (χ1) is 11.5. The molecule has 0 aliphatic rings. The highest BCUT2D eigenvalue weighted by atomic mass is 79.9. The Morgan fingerprint density at radius 3 is 2.58 bits per heavy atom. The average molecular weight is 466 g/mol. The molecule has 6 heteroatoms. The molecular formula is C18H14Br2N2OS. The average Bonchev–Trinajstić information content (AvgIpc) is 2.89. The fourth-order valence-electron chi connectivity index (χ4n) is 2.23. The van der Waals surface area contributed by atoms with Crippen LogP contribution < -0.4 is 5.32 Å². The fourth-order valence-corrected chi connectivity index (χ4v) is 3.89. The Morgan fingerprint density at radius 2 is 1.88 bits per heavy atom. The number of aryl methyl sites for hydroxylation is 1. The van der Waals surface area contributed by atoms with Gasteiger partial charge in [-0.05, 0) is 42.8 Å². The lowest BCUT2D eigenvalue weighted by atomic mass is 10.1. The first-order valence-corrected chi connectivity index (χ1v) is 9.69. The minimum Gasteiger partial charge on any atom is -0.298 e. The van der Waals surface area contributed by atoms with E-state index in [1.807, 2.05) is 31.2 Å². The predicted molar refractivity (Wildman–Crippen MR) is 106 cm³/mol. The van der Waals surface area contributed by atoms with Gasteiger partial charge in [0.15, 0.2) is 5.13 Å². The quantitative estimate of drug-likeness (QED) is 0.527. The highest BCUT2D eigenvalue weighted by molar-refractivity contribution is 9.10. The van der Waals surface area contributed by atoms with Gasteiger partial charge in [-0.3, -0.25) is 10.1 Å². The maximum absolute atomic E-state index is 12.3. The largest absolute Gasteiger partial charge is 0.298 e. The molecule has 0 aliphatic heterocycles. The molecular weight excluding hydrogens is 452 g/mol. The minimum atomic E-state index is -0.153. The second-order valence-electron chi connectivity index (χ2n) is 5.30. The molecule has 0 aliphatic carbocycles. The van der Waals surface area contributed by atoms with Crippen LogP contribution in [-0.2, 0) is 6.42 Å². The number of nitrogens with zero attached hydrogens (tertiary/aromatic N) is 1. The van der Waals surface area contributed by atoms with E-state index in [9.17, 15) is 4.79 Å². The number of carbonyl (C=O) groups is 1. The van der Waals surface area contributed by atoms with Gasteiger partial charge < -0.3 is 0 Å². The maximum atomic E-state index is 12.3. The van der Waals surface area contributed by atoms with E-state index in [1.54, 1.807) is 12.1 Å². The number of carbonyl (C=O) groups excluding carboxylic acids is 1. The van der Waals surface area contributed by atoms with Crippen molar-refractivity contribution in [1.82, 2.24) is 4.98 Å². The number of nitrogens with one attached hydrogen (secondary N) is 1. The van der Waals surface area contributed by atoms with Gasteiger partial charge in [0.2, 0.25) is 0 Å². The topological polar surface area (TPSA) is 42.0 Å². The Morgan fingerprint density at radius 1 is 1.12 bits per heavy atom. The molecule has 0 saturated heterocycles. The lowest BCUT2D eigenvalue weighted by Crippen LogP contribution is -2.11. The molecule has 1 heterocycles. The molecule has 0 bridgehead atoms. The molecule has 1 N–H and O–H groups in total. The van der Waals surface area contributed by atoms with Crippen molar-refractivity contribution in [2.24, 2.45) is 0 Å². The van der Waals surface area contributed by atoms with Gasteiger partial charge in [-0.1, -0.05) is 50.1 Å². The van der Waals surface area contributed by atoms with E-state index in [4.69, 9.17) is 0 Å². The normalized spacial score (nSPS) is 10.6. The fraction of sp³-hybridized carbons (Fsp3) is 0.111. The van der Waals surface area contributed by atoms with E-state index in [-0.39, 0.29) is 5.91 Å². The van der Waals surface area contributed by atoms with Crippen LogP contribution in [0.1, 0.15) is 26.5 Å². The van der Waals surface area contributed by atoms with Crippen LogP contribution in [0.3, 0.4) is 0 Å². The second kappa shape index (κ2) is 7.59. The van der Waals surface area contributed by atoms with Crippen LogP contribution in [0, 0.1) is 6.92 Å². The van der Waals surface area contributed by atoms with Crippen molar-refractivity contribution < 1.29 is 4.79 Å². The Hall–Kier alpha value is -1.50. The highest BCUT2D eigenvalue weighted by Crippen LogP contribution is 2.26. The molecule has 1 amide bonds. The molecule has 0 radical (unpaired) electrons. The third kappa shape index (κ3) is 4.32. The van der Waals surface area contributed by atoms with Crippen LogP contribution in [0.15, 0.2) is 57.5 Å². The zero-order valence-electron chi connectivity index (χ0n) is 12.8. The molecule has 0 atom stereocenters. The standard InChI is InChI=1S/C18H14Br2N2OS/c1-11-16(9-12-5-7-14(19)8-6-12)24-18(21-11)22-17(23)13-3-2-4-15(20)10-13/h2-8,10H,9H2,1H3,(H,21,22,23). The van der Waals surface area contributed by atoms with Gasteiger partial charge >= 0.3 is 0 Å².